The molecule has 1 N–H and O–H groups in total. The van der Waals surface area contributed by atoms with Crippen LogP contribution in [0.1, 0.15) is 11.1 Å². The topological polar surface area (TPSA) is 117 Å². The predicted molar refractivity (Wildman–Crippen MR) is 69.1 cm³/mol. The molecule has 2 rings (SSSR count). The molecule has 8 nitrogen and oxygen atoms in total. The van der Waals surface area contributed by atoms with E-state index in [0.717, 1.165) is 6.20 Å². The van der Waals surface area contributed by atoms with E-state index in [1.54, 1.807) is 0 Å². The maximum Gasteiger partial charge on any atom is 0.307 e. The van der Waals surface area contributed by atoms with E-state index in [-0.39, 0.29) is 16.4 Å². The van der Waals surface area contributed by atoms with Gasteiger partial charge in [0.2, 0.25) is 0 Å². The van der Waals surface area contributed by atoms with Crippen LogP contribution in [-0.2, 0) is 0 Å². The van der Waals surface area contributed by atoms with Gasteiger partial charge in [-0.05, 0) is 18.2 Å². The number of nitriles is 1. The van der Waals surface area contributed by atoms with E-state index < -0.39 is 4.92 Å². The Morgan fingerprint density at radius 1 is 1.60 bits per heavy atom. The van der Waals surface area contributed by atoms with Crippen LogP contribution in [0, 0.1) is 21.4 Å². The molecule has 0 aliphatic rings. The zero-order valence-corrected chi connectivity index (χ0v) is 10.5. The molecule has 0 saturated heterocycles. The monoisotopic (exact) mass is 291 g/mol. The van der Waals surface area contributed by atoms with Gasteiger partial charge in [0, 0.05) is 5.56 Å². The maximum absolute atomic E-state index is 10.6. The molecule has 0 saturated carbocycles. The molecule has 0 atom stereocenters. The van der Waals surface area contributed by atoms with Gasteiger partial charge < -0.3 is 5.21 Å². The minimum Gasteiger partial charge on any atom is -0.410 e. The van der Waals surface area contributed by atoms with E-state index in [2.05, 4.69) is 10.3 Å². The molecule has 0 fully saturated rings. The highest BCUT2D eigenvalue weighted by atomic mass is 35.5. The van der Waals surface area contributed by atoms with Crippen LogP contribution in [0.4, 0.5) is 5.69 Å². The number of nitro groups is 1. The van der Waals surface area contributed by atoms with E-state index in [1.807, 2.05) is 6.07 Å². The van der Waals surface area contributed by atoms with Gasteiger partial charge in [-0.25, -0.2) is 4.68 Å². The molecule has 0 radical (unpaired) electrons. The highest BCUT2D eigenvalue weighted by Crippen LogP contribution is 2.19. The number of hydrogen-bond donors (Lipinski definition) is 1. The van der Waals surface area contributed by atoms with Gasteiger partial charge in [0.15, 0.2) is 5.17 Å². The first-order valence-electron chi connectivity index (χ1n) is 5.18. The first kappa shape index (κ1) is 13.5. The molecule has 2 aromatic rings. The molecule has 0 amide bonds. The Kier molecular flexibility index (Phi) is 3.63. The van der Waals surface area contributed by atoms with Crippen LogP contribution >= 0.6 is 11.6 Å². The lowest BCUT2D eigenvalue weighted by Crippen LogP contribution is -2.00. The number of hydrogen-bond acceptors (Lipinski definition) is 6. The second-order valence-corrected chi connectivity index (χ2v) is 3.99. The number of rotatable bonds is 3. The Hall–Kier alpha value is -2.92. The van der Waals surface area contributed by atoms with Gasteiger partial charge >= 0.3 is 5.69 Å². The number of benzene rings is 1. The summed E-state index contributed by atoms with van der Waals surface area (Å²) in [5.41, 5.74) is 0.693. The van der Waals surface area contributed by atoms with E-state index in [1.165, 1.54) is 29.1 Å². The van der Waals surface area contributed by atoms with Crippen LogP contribution in [0.2, 0.25) is 0 Å². The van der Waals surface area contributed by atoms with E-state index in [9.17, 15) is 10.1 Å². The highest BCUT2D eigenvalue weighted by Gasteiger charge is 2.13. The quantitative estimate of drug-likeness (QED) is 0.402. The maximum atomic E-state index is 10.6. The molecule has 20 heavy (non-hydrogen) atoms. The lowest BCUT2D eigenvalue weighted by atomic mass is 10.1. The van der Waals surface area contributed by atoms with Crippen LogP contribution in [-0.4, -0.2) is 25.1 Å². The number of oxime groups is 1. The summed E-state index contributed by atoms with van der Waals surface area (Å²) < 4.78 is 1.21. The van der Waals surface area contributed by atoms with Crippen LogP contribution in [0.5, 0.6) is 0 Å². The normalized spacial score (nSPS) is 11.1. The first-order chi connectivity index (χ1) is 9.56. The van der Waals surface area contributed by atoms with Gasteiger partial charge in [0.25, 0.3) is 0 Å². The van der Waals surface area contributed by atoms with Gasteiger partial charge in [-0.1, -0.05) is 16.8 Å². The van der Waals surface area contributed by atoms with Crippen molar-refractivity contribution in [3.63, 3.8) is 0 Å². The third kappa shape index (κ3) is 2.43. The van der Waals surface area contributed by atoms with Crippen molar-refractivity contribution in [2.45, 2.75) is 0 Å². The molecule has 0 unspecified atom stereocenters. The third-order valence-electron chi connectivity index (χ3n) is 2.47. The average molecular weight is 292 g/mol. The molecule has 0 aliphatic heterocycles. The second kappa shape index (κ2) is 5.38. The van der Waals surface area contributed by atoms with Crippen molar-refractivity contribution in [3.05, 3.63) is 51.8 Å². The van der Waals surface area contributed by atoms with E-state index in [4.69, 9.17) is 22.1 Å². The van der Waals surface area contributed by atoms with Crippen LogP contribution < -0.4 is 0 Å². The van der Waals surface area contributed by atoms with Crippen molar-refractivity contribution >= 4 is 22.5 Å². The van der Waals surface area contributed by atoms with Crippen molar-refractivity contribution in [2.75, 3.05) is 0 Å². The Balaban J connectivity index is 2.52. The van der Waals surface area contributed by atoms with Crippen LogP contribution in [0.15, 0.2) is 35.7 Å². The van der Waals surface area contributed by atoms with Gasteiger partial charge in [0.05, 0.1) is 16.2 Å². The molecule has 0 aliphatic carbocycles. The highest BCUT2D eigenvalue weighted by molar-refractivity contribution is 6.69. The van der Waals surface area contributed by atoms with Crippen LogP contribution in [0.25, 0.3) is 5.69 Å². The Morgan fingerprint density at radius 3 is 2.90 bits per heavy atom. The first-order valence-corrected chi connectivity index (χ1v) is 5.56. The van der Waals surface area contributed by atoms with Gasteiger partial charge in [0.1, 0.15) is 18.5 Å². The summed E-state index contributed by atoms with van der Waals surface area (Å²) in [4.78, 5) is 10.0. The molecular formula is C11H6ClN5O3. The van der Waals surface area contributed by atoms with Gasteiger partial charge in [-0.2, -0.15) is 10.4 Å². The fraction of sp³-hybridized carbons (Fsp3) is 0. The number of aromatic nitrogens is 2. The summed E-state index contributed by atoms with van der Waals surface area (Å²) in [5.74, 6) is 0. The standard InChI is InChI=1S/C11H6ClN5O3/c12-11(15-18)7-1-2-10(8(3-7)4-13)16-6-9(5-14-16)17(19)20/h1-3,5-6,18H/b15-11-. The van der Waals surface area contributed by atoms with E-state index >= 15 is 0 Å². The molecule has 1 aromatic heterocycles. The molecule has 0 bridgehead atoms. The minimum atomic E-state index is -0.584. The summed E-state index contributed by atoms with van der Waals surface area (Å²) in [6, 6.07) is 6.32. The minimum absolute atomic E-state index is 0.167. The molecule has 9 heteroatoms. The summed E-state index contributed by atoms with van der Waals surface area (Å²) in [5, 5.41) is 34.8. The van der Waals surface area contributed by atoms with Crippen molar-refractivity contribution < 1.29 is 10.1 Å². The van der Waals surface area contributed by atoms with Crippen molar-refractivity contribution in [1.29, 1.82) is 5.26 Å². The second-order valence-electron chi connectivity index (χ2n) is 3.63. The molecule has 1 heterocycles. The van der Waals surface area contributed by atoms with Gasteiger partial charge in [-0.3, -0.25) is 10.1 Å². The van der Waals surface area contributed by atoms with Gasteiger partial charge in [-0.15, -0.1) is 0 Å². The fourth-order valence-electron chi connectivity index (χ4n) is 1.55. The molecule has 1 aromatic carbocycles. The summed E-state index contributed by atoms with van der Waals surface area (Å²) in [6.45, 7) is 0. The zero-order valence-electron chi connectivity index (χ0n) is 9.76. The largest absolute Gasteiger partial charge is 0.410 e. The summed E-state index contributed by atoms with van der Waals surface area (Å²) in [6.07, 6.45) is 2.27. The Bertz CT molecular complexity index is 747. The third-order valence-corrected chi connectivity index (χ3v) is 2.76. The number of nitrogens with zero attached hydrogens (tertiary/aromatic N) is 5. The fourth-order valence-corrected chi connectivity index (χ4v) is 1.67. The van der Waals surface area contributed by atoms with Crippen molar-refractivity contribution in [2.24, 2.45) is 5.16 Å². The predicted octanol–water partition coefficient (Wildman–Crippen LogP) is 2.03. The van der Waals surface area contributed by atoms with Crippen LogP contribution in [0.3, 0.4) is 0 Å². The Morgan fingerprint density at radius 2 is 2.35 bits per heavy atom. The molecular weight excluding hydrogens is 286 g/mol. The van der Waals surface area contributed by atoms with Crippen molar-refractivity contribution in [1.82, 2.24) is 9.78 Å². The molecule has 100 valence electrons. The smallest absolute Gasteiger partial charge is 0.307 e. The number of halogens is 1. The van der Waals surface area contributed by atoms with Crippen molar-refractivity contribution in [3.8, 4) is 11.8 Å². The summed E-state index contributed by atoms with van der Waals surface area (Å²) in [7, 11) is 0. The average Bonchev–Trinajstić information content (AvgIpc) is 2.95. The SMILES string of the molecule is N#Cc1cc(/C(Cl)=N/O)ccc1-n1cc([N+](=O)[O-])cn1. The summed E-state index contributed by atoms with van der Waals surface area (Å²) >= 11 is 5.64. The Labute approximate surface area is 117 Å². The lowest BCUT2D eigenvalue weighted by molar-refractivity contribution is -0.384. The lowest BCUT2D eigenvalue weighted by Gasteiger charge is -2.05. The zero-order chi connectivity index (χ0) is 14.7. The van der Waals surface area contributed by atoms with E-state index in [0.29, 0.717) is 11.3 Å². The molecule has 0 spiro atoms.